The molecule has 2 N–H and O–H groups in total. The van der Waals surface area contributed by atoms with Gasteiger partial charge in [-0.2, -0.15) is 4.98 Å². The fourth-order valence-corrected chi connectivity index (χ4v) is 3.56. The van der Waals surface area contributed by atoms with Crippen LogP contribution in [0.3, 0.4) is 0 Å². The van der Waals surface area contributed by atoms with Crippen LogP contribution in [-0.2, 0) is 17.8 Å². The molecule has 29 heavy (non-hydrogen) atoms. The number of halogens is 1. The Hall–Kier alpha value is -2.70. The van der Waals surface area contributed by atoms with E-state index in [1.165, 1.54) is 5.56 Å². The Labute approximate surface area is 176 Å². The lowest BCUT2D eigenvalue weighted by atomic mass is 10.1. The smallest absolute Gasteiger partial charge is 0.232 e. The summed E-state index contributed by atoms with van der Waals surface area (Å²) in [5, 5.41) is 4.09. The number of amides is 1. The molecule has 1 aliphatic heterocycles. The number of carbonyl (C=O) groups excluding carboxylic acids is 1. The quantitative estimate of drug-likeness (QED) is 0.659. The van der Waals surface area contributed by atoms with Gasteiger partial charge < -0.3 is 15.2 Å². The van der Waals surface area contributed by atoms with Crippen LogP contribution in [0, 0.1) is 0 Å². The van der Waals surface area contributed by atoms with Gasteiger partial charge >= 0.3 is 0 Å². The van der Waals surface area contributed by atoms with Crippen molar-refractivity contribution in [2.75, 3.05) is 11.4 Å². The molecule has 1 saturated heterocycles. The van der Waals surface area contributed by atoms with E-state index in [-0.39, 0.29) is 24.2 Å². The number of aromatic nitrogens is 2. The molecular formula is C22H25ClN4O2. The fourth-order valence-electron chi connectivity index (χ4n) is 3.56. The van der Waals surface area contributed by atoms with Crippen molar-refractivity contribution < 1.29 is 9.32 Å². The van der Waals surface area contributed by atoms with E-state index in [4.69, 9.17) is 10.3 Å². The first-order valence-electron chi connectivity index (χ1n) is 9.70. The summed E-state index contributed by atoms with van der Waals surface area (Å²) in [7, 11) is 0. The van der Waals surface area contributed by atoms with E-state index in [1.54, 1.807) is 4.90 Å². The van der Waals surface area contributed by atoms with Crippen LogP contribution < -0.4 is 10.6 Å². The topological polar surface area (TPSA) is 85.2 Å². The van der Waals surface area contributed by atoms with Gasteiger partial charge in [0, 0.05) is 30.8 Å². The molecule has 0 aliphatic carbocycles. The average Bonchev–Trinajstić information content (AvgIpc) is 3.36. The van der Waals surface area contributed by atoms with Crippen molar-refractivity contribution in [1.29, 1.82) is 0 Å². The highest BCUT2D eigenvalue weighted by molar-refractivity contribution is 5.96. The Balaban J connectivity index is 0.00000240. The van der Waals surface area contributed by atoms with Gasteiger partial charge in [-0.3, -0.25) is 4.79 Å². The van der Waals surface area contributed by atoms with Gasteiger partial charge in [0.15, 0.2) is 0 Å². The molecule has 0 saturated carbocycles. The predicted octanol–water partition coefficient (Wildman–Crippen LogP) is 4.09. The summed E-state index contributed by atoms with van der Waals surface area (Å²) in [5.41, 5.74) is 9.77. The second kappa shape index (κ2) is 9.20. The number of aryl methyl sites for hydroxylation is 1. The van der Waals surface area contributed by atoms with Crippen LogP contribution in [-0.4, -0.2) is 22.6 Å². The van der Waals surface area contributed by atoms with Crippen LogP contribution in [0.2, 0.25) is 0 Å². The van der Waals surface area contributed by atoms with Gasteiger partial charge in [0.05, 0.1) is 5.92 Å². The van der Waals surface area contributed by atoms with Gasteiger partial charge in [-0.25, -0.2) is 0 Å². The zero-order valence-corrected chi connectivity index (χ0v) is 17.2. The van der Waals surface area contributed by atoms with Crippen molar-refractivity contribution in [2.24, 2.45) is 5.73 Å². The highest BCUT2D eigenvalue weighted by atomic mass is 35.5. The molecule has 152 valence electrons. The predicted molar refractivity (Wildman–Crippen MR) is 115 cm³/mol. The number of hydrogen-bond acceptors (Lipinski definition) is 5. The van der Waals surface area contributed by atoms with Crippen LogP contribution in [0.5, 0.6) is 0 Å². The molecule has 2 heterocycles. The molecule has 1 fully saturated rings. The van der Waals surface area contributed by atoms with Gasteiger partial charge in [-0.1, -0.05) is 54.9 Å². The second-order valence-corrected chi connectivity index (χ2v) is 7.18. The van der Waals surface area contributed by atoms with Gasteiger partial charge in [0.1, 0.15) is 0 Å². The minimum atomic E-state index is -0.0904. The molecule has 1 amide bonds. The molecule has 4 rings (SSSR count). The molecule has 3 aromatic rings. The lowest BCUT2D eigenvalue weighted by molar-refractivity contribution is -0.117. The third kappa shape index (κ3) is 4.49. The van der Waals surface area contributed by atoms with E-state index >= 15 is 0 Å². The van der Waals surface area contributed by atoms with Crippen molar-refractivity contribution >= 4 is 24.0 Å². The number of anilines is 1. The van der Waals surface area contributed by atoms with Crippen LogP contribution >= 0.6 is 12.4 Å². The van der Waals surface area contributed by atoms with Crippen molar-refractivity contribution in [2.45, 2.75) is 38.6 Å². The normalized spacial score (nSPS) is 16.1. The maximum atomic E-state index is 12.5. The maximum absolute atomic E-state index is 12.5. The van der Waals surface area contributed by atoms with Crippen molar-refractivity contribution in [3.05, 3.63) is 65.5 Å². The summed E-state index contributed by atoms with van der Waals surface area (Å²) in [6.45, 7) is 3.21. The Morgan fingerprint density at radius 2 is 1.79 bits per heavy atom. The van der Waals surface area contributed by atoms with Gasteiger partial charge in [-0.05, 0) is 29.7 Å². The monoisotopic (exact) mass is 412 g/mol. The van der Waals surface area contributed by atoms with Gasteiger partial charge in [0.2, 0.25) is 17.6 Å². The minimum absolute atomic E-state index is 0. The third-order valence-electron chi connectivity index (χ3n) is 5.15. The van der Waals surface area contributed by atoms with Crippen LogP contribution in [0.1, 0.15) is 42.7 Å². The Bertz CT molecular complexity index is 954. The van der Waals surface area contributed by atoms with Crippen LogP contribution in [0.15, 0.2) is 53.1 Å². The largest absolute Gasteiger partial charge is 0.339 e. The first-order chi connectivity index (χ1) is 13.7. The maximum Gasteiger partial charge on any atom is 0.232 e. The molecule has 1 unspecified atom stereocenters. The summed E-state index contributed by atoms with van der Waals surface area (Å²) in [6, 6.07) is 16.0. The standard InChI is InChI=1S/C22H24N4O2.ClH/c1-2-3-15-6-10-19(11-7-15)26-14-18(12-20(26)27)22-24-21(25-28-22)17-8-4-16(13-23)5-9-17;/h4-11,18H,2-3,12-14,23H2,1H3;1H. The van der Waals surface area contributed by atoms with Crippen LogP contribution in [0.25, 0.3) is 11.4 Å². The second-order valence-electron chi connectivity index (χ2n) is 7.18. The number of nitrogens with two attached hydrogens (primary N) is 1. The number of rotatable bonds is 6. The molecule has 7 heteroatoms. The van der Waals surface area contributed by atoms with E-state index in [1.807, 2.05) is 36.4 Å². The highest BCUT2D eigenvalue weighted by Crippen LogP contribution is 2.32. The molecule has 1 aromatic heterocycles. The fraction of sp³-hybridized carbons (Fsp3) is 0.318. The van der Waals surface area contributed by atoms with Crippen molar-refractivity contribution in [3.8, 4) is 11.4 Å². The highest BCUT2D eigenvalue weighted by Gasteiger charge is 2.35. The summed E-state index contributed by atoms with van der Waals surface area (Å²) < 4.78 is 5.48. The van der Waals surface area contributed by atoms with E-state index in [0.29, 0.717) is 31.2 Å². The minimum Gasteiger partial charge on any atom is -0.339 e. The first kappa shape index (κ1) is 21.0. The summed E-state index contributed by atoms with van der Waals surface area (Å²) in [5.74, 6) is 1.04. The number of nitrogens with zero attached hydrogens (tertiary/aromatic N) is 3. The SMILES string of the molecule is CCCc1ccc(N2CC(c3nc(-c4ccc(CN)cc4)no3)CC2=O)cc1.Cl. The van der Waals surface area contributed by atoms with Crippen molar-refractivity contribution in [3.63, 3.8) is 0 Å². The van der Waals surface area contributed by atoms with Crippen LogP contribution in [0.4, 0.5) is 5.69 Å². The first-order valence-corrected chi connectivity index (χ1v) is 9.70. The summed E-state index contributed by atoms with van der Waals surface area (Å²) in [6.07, 6.45) is 2.54. The third-order valence-corrected chi connectivity index (χ3v) is 5.15. The average molecular weight is 413 g/mol. The summed E-state index contributed by atoms with van der Waals surface area (Å²) in [4.78, 5) is 18.9. The van der Waals surface area contributed by atoms with E-state index in [2.05, 4.69) is 29.2 Å². The molecule has 0 radical (unpaired) electrons. The van der Waals surface area contributed by atoms with E-state index in [9.17, 15) is 4.79 Å². The lowest BCUT2D eigenvalue weighted by Crippen LogP contribution is -2.24. The number of hydrogen-bond donors (Lipinski definition) is 1. The Morgan fingerprint density at radius 1 is 1.10 bits per heavy atom. The molecule has 1 atom stereocenters. The lowest BCUT2D eigenvalue weighted by Gasteiger charge is -2.16. The van der Waals surface area contributed by atoms with E-state index in [0.717, 1.165) is 29.7 Å². The summed E-state index contributed by atoms with van der Waals surface area (Å²) >= 11 is 0. The molecule has 2 aromatic carbocycles. The molecule has 1 aliphatic rings. The number of carbonyl (C=O) groups is 1. The zero-order chi connectivity index (χ0) is 19.5. The van der Waals surface area contributed by atoms with Gasteiger partial charge in [0.25, 0.3) is 0 Å². The Morgan fingerprint density at radius 3 is 2.45 bits per heavy atom. The van der Waals surface area contributed by atoms with E-state index < -0.39 is 0 Å². The molecule has 0 bridgehead atoms. The molecule has 0 spiro atoms. The molecule has 6 nitrogen and oxygen atoms in total. The number of benzene rings is 2. The van der Waals surface area contributed by atoms with Gasteiger partial charge in [-0.15, -0.1) is 12.4 Å². The molecular weight excluding hydrogens is 388 g/mol. The zero-order valence-electron chi connectivity index (χ0n) is 16.4. The van der Waals surface area contributed by atoms with Crippen molar-refractivity contribution in [1.82, 2.24) is 10.1 Å². The Kier molecular flexibility index (Phi) is 6.67.